The van der Waals surface area contributed by atoms with Crippen molar-refractivity contribution in [1.29, 1.82) is 0 Å². The molecule has 0 spiro atoms. The van der Waals surface area contributed by atoms with Crippen molar-refractivity contribution in [3.8, 4) is 23.7 Å². The largest absolute Gasteiger partial charge is 0.366 e. The Morgan fingerprint density at radius 1 is 1.24 bits per heavy atom. The van der Waals surface area contributed by atoms with Crippen molar-refractivity contribution >= 4 is 11.7 Å². The summed E-state index contributed by atoms with van der Waals surface area (Å²) in [6.45, 7) is 7.36. The Morgan fingerprint density at radius 2 is 1.95 bits per heavy atom. The summed E-state index contributed by atoms with van der Waals surface area (Å²) in [7, 11) is 3.20. The molecule has 1 amide bonds. The summed E-state index contributed by atoms with van der Waals surface area (Å²) in [5, 5.41) is 2.93. The SMILES string of the molecule is CN=C(C)N/C=C(/C(N)=O)[C@@](C)(C#CC#CCC(c1cc(F)ccc1F)c1cccn(C)c1=O)C(C)C. The fourth-order valence-electron chi connectivity index (χ4n) is 3.65. The Bertz CT molecular complexity index is 1400. The maximum Gasteiger partial charge on any atom is 0.254 e. The zero-order chi connectivity index (χ0) is 27.8. The molecule has 0 radical (unpaired) electrons. The molecule has 0 bridgehead atoms. The summed E-state index contributed by atoms with van der Waals surface area (Å²) in [6, 6.07) is 6.38. The lowest BCUT2D eigenvalue weighted by Crippen LogP contribution is -2.34. The summed E-state index contributed by atoms with van der Waals surface area (Å²) in [5.41, 5.74) is 5.00. The van der Waals surface area contributed by atoms with Crippen LogP contribution in [0.25, 0.3) is 0 Å². The lowest BCUT2D eigenvalue weighted by molar-refractivity contribution is -0.115. The van der Waals surface area contributed by atoms with Crippen molar-refractivity contribution in [3.05, 3.63) is 81.4 Å². The molecule has 0 fully saturated rings. The molecule has 2 aromatic rings. The molecule has 0 saturated heterocycles. The highest BCUT2D eigenvalue weighted by atomic mass is 19.1. The molecule has 1 heterocycles. The van der Waals surface area contributed by atoms with Gasteiger partial charge in [-0.1, -0.05) is 31.8 Å². The third kappa shape index (κ3) is 7.17. The van der Waals surface area contributed by atoms with Crippen molar-refractivity contribution in [2.75, 3.05) is 7.05 Å². The molecule has 0 aliphatic carbocycles. The molecule has 0 aliphatic heterocycles. The second-order valence-corrected chi connectivity index (χ2v) is 9.09. The van der Waals surface area contributed by atoms with Crippen LogP contribution < -0.4 is 16.6 Å². The lowest BCUT2D eigenvalue weighted by atomic mass is 9.73. The third-order valence-corrected chi connectivity index (χ3v) is 6.38. The monoisotopic (exact) mass is 506 g/mol. The summed E-state index contributed by atoms with van der Waals surface area (Å²) < 4.78 is 30.0. The number of nitrogens with one attached hydrogen (secondary N) is 1. The van der Waals surface area contributed by atoms with Crippen molar-refractivity contribution in [2.24, 2.45) is 29.1 Å². The molecule has 1 aromatic heterocycles. The minimum atomic E-state index is -0.926. The van der Waals surface area contributed by atoms with Gasteiger partial charge in [-0.2, -0.15) is 0 Å². The number of amides is 1. The lowest BCUT2D eigenvalue weighted by Gasteiger charge is -2.29. The molecular formula is C29H32F2N4O2. The van der Waals surface area contributed by atoms with E-state index in [-0.39, 0.29) is 29.0 Å². The topological polar surface area (TPSA) is 89.5 Å². The number of nitrogens with two attached hydrogens (primary N) is 1. The van der Waals surface area contributed by atoms with Gasteiger partial charge in [0, 0.05) is 44.4 Å². The number of hydrogen-bond donors (Lipinski definition) is 2. The van der Waals surface area contributed by atoms with E-state index >= 15 is 0 Å². The van der Waals surface area contributed by atoms with Crippen LogP contribution in [0.15, 0.2) is 58.1 Å². The van der Waals surface area contributed by atoms with Gasteiger partial charge < -0.3 is 15.6 Å². The van der Waals surface area contributed by atoms with Gasteiger partial charge in [0.2, 0.25) is 5.91 Å². The molecule has 2 atom stereocenters. The molecule has 0 aliphatic rings. The van der Waals surface area contributed by atoms with E-state index in [1.807, 2.05) is 13.8 Å². The summed E-state index contributed by atoms with van der Waals surface area (Å²) in [6.07, 6.45) is 3.11. The van der Waals surface area contributed by atoms with E-state index in [0.29, 0.717) is 11.4 Å². The van der Waals surface area contributed by atoms with Crippen LogP contribution in [0.3, 0.4) is 0 Å². The fourth-order valence-corrected chi connectivity index (χ4v) is 3.65. The van der Waals surface area contributed by atoms with E-state index in [4.69, 9.17) is 5.73 Å². The van der Waals surface area contributed by atoms with Crippen LogP contribution in [0, 0.1) is 46.6 Å². The zero-order valence-electron chi connectivity index (χ0n) is 21.9. The van der Waals surface area contributed by atoms with Gasteiger partial charge in [-0.25, -0.2) is 8.78 Å². The number of hydrogen-bond acceptors (Lipinski definition) is 3. The highest BCUT2D eigenvalue weighted by Crippen LogP contribution is 2.34. The van der Waals surface area contributed by atoms with E-state index in [1.54, 1.807) is 46.3 Å². The van der Waals surface area contributed by atoms with Crippen LogP contribution >= 0.6 is 0 Å². The average Bonchev–Trinajstić information content (AvgIpc) is 2.84. The first-order valence-electron chi connectivity index (χ1n) is 11.7. The van der Waals surface area contributed by atoms with Gasteiger partial charge in [0.25, 0.3) is 5.56 Å². The number of nitrogens with zero attached hydrogens (tertiary/aromatic N) is 2. The van der Waals surface area contributed by atoms with Crippen LogP contribution in [0.4, 0.5) is 8.78 Å². The Hall–Kier alpha value is -4.17. The minimum Gasteiger partial charge on any atom is -0.366 e. The molecule has 2 rings (SSSR count). The molecule has 194 valence electrons. The number of pyridine rings is 1. The van der Waals surface area contributed by atoms with Crippen LogP contribution in [0.5, 0.6) is 0 Å². The molecular weight excluding hydrogens is 474 g/mol. The van der Waals surface area contributed by atoms with Crippen molar-refractivity contribution < 1.29 is 13.6 Å². The fraction of sp³-hybridized carbons (Fsp3) is 0.345. The predicted octanol–water partition coefficient (Wildman–Crippen LogP) is 3.86. The van der Waals surface area contributed by atoms with Gasteiger partial charge in [-0.15, -0.1) is 0 Å². The number of carbonyl (C=O) groups excluding carboxylic acids is 1. The minimum absolute atomic E-state index is 0.0267. The molecule has 1 aromatic carbocycles. The van der Waals surface area contributed by atoms with Gasteiger partial charge in [0.05, 0.1) is 16.8 Å². The van der Waals surface area contributed by atoms with Crippen LogP contribution in [0.1, 0.15) is 51.2 Å². The molecule has 0 saturated carbocycles. The van der Waals surface area contributed by atoms with E-state index < -0.39 is 28.9 Å². The quantitative estimate of drug-likeness (QED) is 0.259. The highest BCUT2D eigenvalue weighted by molar-refractivity contribution is 5.95. The Labute approximate surface area is 216 Å². The van der Waals surface area contributed by atoms with Gasteiger partial charge in [0.15, 0.2) is 0 Å². The number of benzene rings is 1. The Kier molecular flexibility index (Phi) is 9.97. The highest BCUT2D eigenvalue weighted by Gasteiger charge is 2.34. The zero-order valence-corrected chi connectivity index (χ0v) is 21.9. The average molecular weight is 507 g/mol. The van der Waals surface area contributed by atoms with Crippen LogP contribution in [-0.2, 0) is 11.8 Å². The number of rotatable bonds is 7. The van der Waals surface area contributed by atoms with Gasteiger partial charge >= 0.3 is 0 Å². The maximum absolute atomic E-state index is 14.7. The Morgan fingerprint density at radius 3 is 2.57 bits per heavy atom. The molecule has 37 heavy (non-hydrogen) atoms. The van der Waals surface area contributed by atoms with Gasteiger partial charge in [0.1, 0.15) is 11.6 Å². The number of carbonyl (C=O) groups is 1. The second kappa shape index (κ2) is 12.7. The molecule has 8 heteroatoms. The summed E-state index contributed by atoms with van der Waals surface area (Å²) in [5.74, 6) is 9.28. The van der Waals surface area contributed by atoms with E-state index in [9.17, 15) is 18.4 Å². The molecule has 6 nitrogen and oxygen atoms in total. The number of primary amides is 1. The summed E-state index contributed by atoms with van der Waals surface area (Å²) in [4.78, 5) is 29.0. The number of aliphatic imine (C=N–C) groups is 1. The van der Waals surface area contributed by atoms with Gasteiger partial charge in [-0.3, -0.25) is 14.6 Å². The van der Waals surface area contributed by atoms with Crippen molar-refractivity contribution in [2.45, 2.75) is 40.0 Å². The number of amidine groups is 1. The standard InChI is InChI=1S/C29H32F2N4O2/c1-19(2)29(4,25(27(32)36)18-34-20(3)33-5)15-9-7-8-11-22(23-12-10-16-35(6)28(23)37)24-17-21(30)13-14-26(24)31/h10,12-14,16-19,22H,11H2,1-6H3,(H2,32,36)(H,33,34)/b25-18-/t22?,29-/m0/s1. The first-order chi connectivity index (χ1) is 17.4. The van der Waals surface area contributed by atoms with Gasteiger partial charge in [-0.05, 0) is 61.4 Å². The smallest absolute Gasteiger partial charge is 0.254 e. The molecule has 1 unspecified atom stereocenters. The van der Waals surface area contributed by atoms with E-state index in [0.717, 1.165) is 18.2 Å². The first-order valence-corrected chi connectivity index (χ1v) is 11.7. The van der Waals surface area contributed by atoms with E-state index in [1.165, 1.54) is 10.8 Å². The van der Waals surface area contributed by atoms with E-state index in [2.05, 4.69) is 34.0 Å². The van der Waals surface area contributed by atoms with Crippen LogP contribution in [0.2, 0.25) is 0 Å². The number of halogens is 2. The predicted molar refractivity (Wildman–Crippen MR) is 142 cm³/mol. The van der Waals surface area contributed by atoms with Crippen molar-refractivity contribution in [3.63, 3.8) is 0 Å². The Balaban J connectivity index is 2.49. The number of aryl methyl sites for hydroxylation is 1. The number of aromatic nitrogens is 1. The first kappa shape index (κ1) is 29.1. The third-order valence-electron chi connectivity index (χ3n) is 6.38. The molecule has 3 N–H and O–H groups in total. The maximum atomic E-state index is 14.7. The second-order valence-electron chi connectivity index (χ2n) is 9.09. The summed E-state index contributed by atoms with van der Waals surface area (Å²) >= 11 is 0. The van der Waals surface area contributed by atoms with Crippen molar-refractivity contribution in [1.82, 2.24) is 9.88 Å². The normalized spacial score (nSPS) is 14.1. The van der Waals surface area contributed by atoms with Crippen LogP contribution in [-0.4, -0.2) is 23.4 Å².